The van der Waals surface area contributed by atoms with Crippen molar-refractivity contribution >= 4 is 16.7 Å². The number of H-pyrrole nitrogens is 1. The van der Waals surface area contributed by atoms with E-state index in [-0.39, 0.29) is 19.0 Å². The number of hydrogen-bond acceptors (Lipinski definition) is 4. The maximum atomic E-state index is 11.8. The van der Waals surface area contributed by atoms with E-state index in [2.05, 4.69) is 4.98 Å². The number of nitrogens with one attached hydrogen (secondary N) is 1. The number of Topliss-reactive ketones (excluding diaryl/α,β-unsaturated/α-hetero) is 1. The van der Waals surface area contributed by atoms with E-state index in [1.54, 1.807) is 0 Å². The zero-order valence-corrected chi connectivity index (χ0v) is 13.7. The number of benzene rings is 2. The monoisotopic (exact) mass is 337 g/mol. The molecular formula is C20H19NO4. The summed E-state index contributed by atoms with van der Waals surface area (Å²) in [6.07, 6.45) is 2.32. The normalized spacial score (nSPS) is 14.5. The van der Waals surface area contributed by atoms with E-state index in [1.165, 1.54) is 0 Å². The molecule has 128 valence electrons. The van der Waals surface area contributed by atoms with E-state index in [4.69, 9.17) is 9.47 Å². The number of hydrogen-bond donors (Lipinski definition) is 2. The number of aromatic nitrogens is 1. The van der Waals surface area contributed by atoms with Gasteiger partial charge in [0, 0.05) is 34.6 Å². The van der Waals surface area contributed by atoms with Gasteiger partial charge in [0.2, 0.25) is 0 Å². The Labute approximate surface area is 145 Å². The molecule has 5 nitrogen and oxygen atoms in total. The lowest BCUT2D eigenvalue weighted by Crippen LogP contribution is -2.25. The number of rotatable bonds is 6. The highest BCUT2D eigenvalue weighted by molar-refractivity contribution is 6.01. The summed E-state index contributed by atoms with van der Waals surface area (Å²) in [5, 5.41) is 11.2. The third kappa shape index (κ3) is 3.10. The van der Waals surface area contributed by atoms with Gasteiger partial charge in [-0.3, -0.25) is 4.79 Å². The van der Waals surface area contributed by atoms with Crippen molar-refractivity contribution in [1.29, 1.82) is 0 Å². The van der Waals surface area contributed by atoms with Gasteiger partial charge >= 0.3 is 0 Å². The van der Waals surface area contributed by atoms with E-state index in [0.29, 0.717) is 18.6 Å². The van der Waals surface area contributed by atoms with Gasteiger partial charge in [-0.25, -0.2) is 0 Å². The molecule has 1 heterocycles. The van der Waals surface area contributed by atoms with Crippen molar-refractivity contribution in [3.63, 3.8) is 0 Å². The minimum Gasteiger partial charge on any atom is -0.490 e. The Balaban J connectivity index is 1.37. The molecule has 0 saturated carbocycles. The van der Waals surface area contributed by atoms with Crippen molar-refractivity contribution in [2.45, 2.75) is 18.9 Å². The molecule has 0 radical (unpaired) electrons. The van der Waals surface area contributed by atoms with Gasteiger partial charge in [0.15, 0.2) is 5.78 Å². The first-order valence-corrected chi connectivity index (χ1v) is 8.37. The highest BCUT2D eigenvalue weighted by atomic mass is 16.5. The molecule has 0 aliphatic heterocycles. The van der Waals surface area contributed by atoms with Gasteiger partial charge in [-0.1, -0.05) is 18.2 Å². The molecule has 0 saturated heterocycles. The van der Waals surface area contributed by atoms with Crippen LogP contribution in [0, 0.1) is 0 Å². The number of carbonyl (C=O) groups is 1. The zero-order chi connectivity index (χ0) is 17.2. The number of aliphatic hydroxyl groups is 1. The Kier molecular flexibility index (Phi) is 4.15. The lowest BCUT2D eigenvalue weighted by Gasteiger charge is -2.15. The maximum Gasteiger partial charge on any atom is 0.163 e. The van der Waals surface area contributed by atoms with Crippen LogP contribution in [0.15, 0.2) is 48.7 Å². The topological polar surface area (TPSA) is 71.6 Å². The van der Waals surface area contributed by atoms with Crippen molar-refractivity contribution < 1.29 is 19.4 Å². The average Bonchev–Trinajstić information content (AvgIpc) is 3.25. The molecule has 1 unspecified atom stereocenters. The number of carbonyl (C=O) groups excluding carboxylic acids is 1. The molecule has 1 aliphatic carbocycles. The second kappa shape index (κ2) is 6.61. The van der Waals surface area contributed by atoms with E-state index in [0.717, 1.165) is 27.8 Å². The van der Waals surface area contributed by atoms with Crippen LogP contribution in [-0.2, 0) is 6.42 Å². The molecule has 25 heavy (non-hydrogen) atoms. The van der Waals surface area contributed by atoms with Crippen LogP contribution in [0.4, 0.5) is 0 Å². The minimum atomic E-state index is -0.762. The first kappa shape index (κ1) is 15.7. The van der Waals surface area contributed by atoms with Crippen LogP contribution < -0.4 is 9.47 Å². The summed E-state index contributed by atoms with van der Waals surface area (Å²) in [5.41, 5.74) is 2.67. The van der Waals surface area contributed by atoms with Gasteiger partial charge in [-0.05, 0) is 30.7 Å². The van der Waals surface area contributed by atoms with E-state index in [1.807, 2.05) is 48.7 Å². The van der Waals surface area contributed by atoms with Gasteiger partial charge < -0.3 is 19.6 Å². The van der Waals surface area contributed by atoms with Crippen LogP contribution in [-0.4, -0.2) is 35.2 Å². The largest absolute Gasteiger partial charge is 0.490 e. The van der Waals surface area contributed by atoms with E-state index < -0.39 is 6.10 Å². The molecule has 1 aliphatic rings. The number of ketones is 1. The molecule has 0 spiro atoms. The predicted octanol–water partition coefficient (Wildman–Crippen LogP) is 3.12. The second-order valence-electron chi connectivity index (χ2n) is 6.18. The van der Waals surface area contributed by atoms with Crippen molar-refractivity contribution in [3.8, 4) is 11.5 Å². The van der Waals surface area contributed by atoms with Crippen molar-refractivity contribution in [2.75, 3.05) is 13.2 Å². The molecule has 4 rings (SSSR count). The molecule has 0 bridgehead atoms. The molecule has 3 aromatic rings. The summed E-state index contributed by atoms with van der Waals surface area (Å²) >= 11 is 0. The van der Waals surface area contributed by atoms with Crippen LogP contribution in [0.3, 0.4) is 0 Å². The summed E-state index contributed by atoms with van der Waals surface area (Å²) in [6.45, 7) is 0.256. The van der Waals surface area contributed by atoms with Crippen molar-refractivity contribution in [2.24, 2.45) is 0 Å². The standard InChI is InChI=1S/C20H19NO4/c22-13(12-25-20-6-2-4-17-16(20)9-10-21-17)11-24-19-5-1-3-14-15(19)7-8-18(14)23/h1-6,9-10,13,21-22H,7-8,11-12H2. The van der Waals surface area contributed by atoms with Crippen LogP contribution in [0.25, 0.3) is 10.9 Å². The minimum absolute atomic E-state index is 0.119. The zero-order valence-electron chi connectivity index (χ0n) is 13.7. The van der Waals surface area contributed by atoms with E-state index in [9.17, 15) is 9.90 Å². The summed E-state index contributed by atoms with van der Waals surface area (Å²) < 4.78 is 11.5. The maximum absolute atomic E-state index is 11.8. The number of aromatic amines is 1. The van der Waals surface area contributed by atoms with E-state index >= 15 is 0 Å². The van der Waals surface area contributed by atoms with Crippen molar-refractivity contribution in [3.05, 3.63) is 59.8 Å². The number of fused-ring (bicyclic) bond motifs is 2. The summed E-state index contributed by atoms with van der Waals surface area (Å²) in [5.74, 6) is 1.56. The quantitative estimate of drug-likeness (QED) is 0.725. The lowest BCUT2D eigenvalue weighted by atomic mass is 10.1. The molecule has 2 aromatic carbocycles. The van der Waals surface area contributed by atoms with Gasteiger partial charge in [0.25, 0.3) is 0 Å². The Hall–Kier alpha value is -2.79. The summed E-state index contributed by atoms with van der Waals surface area (Å²) in [4.78, 5) is 14.9. The fourth-order valence-electron chi connectivity index (χ4n) is 3.20. The van der Waals surface area contributed by atoms with Crippen LogP contribution in [0.2, 0.25) is 0 Å². The van der Waals surface area contributed by atoms with Gasteiger partial charge in [-0.2, -0.15) is 0 Å². The molecular weight excluding hydrogens is 318 g/mol. The second-order valence-corrected chi connectivity index (χ2v) is 6.18. The van der Waals surface area contributed by atoms with Crippen LogP contribution in [0.5, 0.6) is 11.5 Å². The third-order valence-electron chi connectivity index (χ3n) is 4.45. The molecule has 0 fully saturated rings. The molecule has 0 amide bonds. The Morgan fingerprint density at radius 1 is 1.00 bits per heavy atom. The summed E-state index contributed by atoms with van der Waals surface area (Å²) in [6, 6.07) is 13.2. The highest BCUT2D eigenvalue weighted by Gasteiger charge is 2.23. The predicted molar refractivity (Wildman–Crippen MR) is 94.4 cm³/mol. The van der Waals surface area contributed by atoms with Crippen LogP contribution >= 0.6 is 0 Å². The van der Waals surface area contributed by atoms with Crippen molar-refractivity contribution in [1.82, 2.24) is 4.98 Å². The van der Waals surface area contributed by atoms with Crippen LogP contribution in [0.1, 0.15) is 22.3 Å². The Morgan fingerprint density at radius 2 is 1.76 bits per heavy atom. The van der Waals surface area contributed by atoms with Gasteiger partial charge in [0.1, 0.15) is 30.8 Å². The molecule has 2 N–H and O–H groups in total. The smallest absolute Gasteiger partial charge is 0.163 e. The lowest BCUT2D eigenvalue weighted by molar-refractivity contribution is 0.0629. The third-order valence-corrected chi connectivity index (χ3v) is 4.45. The fourth-order valence-corrected chi connectivity index (χ4v) is 3.20. The Morgan fingerprint density at radius 3 is 2.64 bits per heavy atom. The summed E-state index contributed by atoms with van der Waals surface area (Å²) in [7, 11) is 0. The van der Waals surface area contributed by atoms with Gasteiger partial charge in [0.05, 0.1) is 0 Å². The molecule has 5 heteroatoms. The number of ether oxygens (including phenoxy) is 2. The first-order valence-electron chi connectivity index (χ1n) is 8.37. The average molecular weight is 337 g/mol. The number of aliphatic hydroxyl groups excluding tert-OH is 1. The first-order chi connectivity index (χ1) is 12.2. The SMILES string of the molecule is O=C1CCc2c(OCC(O)COc3cccc4[nH]ccc34)cccc21. The molecule has 1 aromatic heterocycles. The fraction of sp³-hybridized carbons (Fsp3) is 0.250. The Bertz CT molecular complexity index is 915. The highest BCUT2D eigenvalue weighted by Crippen LogP contribution is 2.30. The van der Waals surface area contributed by atoms with Gasteiger partial charge in [-0.15, -0.1) is 0 Å². The molecule has 1 atom stereocenters.